The van der Waals surface area contributed by atoms with E-state index in [2.05, 4.69) is 67.1 Å². The molecule has 0 aliphatic rings. The summed E-state index contributed by atoms with van der Waals surface area (Å²) in [5.74, 6) is 0. The Morgan fingerprint density at radius 3 is 2.53 bits per heavy atom. The first-order valence-electron chi connectivity index (χ1n) is 5.77. The average molecular weight is 223 g/mol. The summed E-state index contributed by atoms with van der Waals surface area (Å²) < 4.78 is 0. The lowest BCUT2D eigenvalue weighted by molar-refractivity contribution is 0.923. The van der Waals surface area contributed by atoms with Gasteiger partial charge in [-0.15, -0.1) is 0 Å². The predicted octanol–water partition coefficient (Wildman–Crippen LogP) is 3.97. The molecule has 0 bridgehead atoms. The maximum atomic E-state index is 3.80. The molecule has 0 aliphatic carbocycles. The van der Waals surface area contributed by atoms with Gasteiger partial charge in [-0.3, -0.25) is 0 Å². The maximum absolute atomic E-state index is 3.80. The lowest BCUT2D eigenvalue weighted by atomic mass is 10.1. The average Bonchev–Trinajstić information content (AvgIpc) is 2.40. The summed E-state index contributed by atoms with van der Waals surface area (Å²) in [5, 5.41) is 0. The van der Waals surface area contributed by atoms with Crippen molar-refractivity contribution >= 4 is 11.8 Å². The van der Waals surface area contributed by atoms with E-state index < -0.39 is 0 Å². The van der Waals surface area contributed by atoms with Crippen molar-refractivity contribution in [1.29, 1.82) is 0 Å². The number of benzene rings is 2. The van der Waals surface area contributed by atoms with Crippen molar-refractivity contribution in [2.24, 2.45) is 0 Å². The van der Waals surface area contributed by atoms with Gasteiger partial charge in [0.05, 0.1) is 0 Å². The van der Waals surface area contributed by atoms with Crippen molar-refractivity contribution in [1.82, 2.24) is 0 Å². The quantitative estimate of drug-likeness (QED) is 0.758. The van der Waals surface area contributed by atoms with Gasteiger partial charge in [0.15, 0.2) is 0 Å². The van der Waals surface area contributed by atoms with Crippen LogP contribution in [0, 0.1) is 0 Å². The Bertz CT molecular complexity index is 488. The molecule has 0 atom stereocenters. The molecule has 0 radical (unpaired) electrons. The van der Waals surface area contributed by atoms with Crippen LogP contribution in [0.4, 0.5) is 5.69 Å². The third-order valence-corrected chi connectivity index (χ3v) is 2.80. The Hall–Kier alpha value is -2.02. The van der Waals surface area contributed by atoms with Crippen LogP contribution in [0.3, 0.4) is 0 Å². The molecule has 0 saturated heterocycles. The highest BCUT2D eigenvalue weighted by molar-refractivity contribution is 5.50. The normalized spacial score (nSPS) is 9.94. The second kappa shape index (κ2) is 5.35. The van der Waals surface area contributed by atoms with Gasteiger partial charge in [-0.25, -0.2) is 0 Å². The van der Waals surface area contributed by atoms with E-state index in [1.54, 1.807) is 0 Å². The van der Waals surface area contributed by atoms with Crippen molar-refractivity contribution in [3.8, 4) is 0 Å². The van der Waals surface area contributed by atoms with Crippen LogP contribution < -0.4 is 4.90 Å². The first kappa shape index (κ1) is 11.5. The highest BCUT2D eigenvalue weighted by Gasteiger charge is 2.01. The molecule has 0 aliphatic heterocycles. The molecule has 2 aromatic rings. The highest BCUT2D eigenvalue weighted by atomic mass is 15.1. The fraction of sp³-hybridized carbons (Fsp3) is 0.125. The Morgan fingerprint density at radius 1 is 1.06 bits per heavy atom. The van der Waals surface area contributed by atoms with Gasteiger partial charge in [0.2, 0.25) is 0 Å². The van der Waals surface area contributed by atoms with E-state index in [1.807, 2.05) is 12.1 Å². The Labute approximate surface area is 103 Å². The molecule has 0 spiro atoms. The van der Waals surface area contributed by atoms with E-state index in [0.29, 0.717) is 0 Å². The van der Waals surface area contributed by atoms with Crippen molar-refractivity contribution < 1.29 is 0 Å². The number of anilines is 1. The number of hydrogen-bond donors (Lipinski definition) is 0. The predicted molar refractivity (Wildman–Crippen MR) is 75.1 cm³/mol. The topological polar surface area (TPSA) is 3.24 Å². The van der Waals surface area contributed by atoms with Crippen molar-refractivity contribution in [2.45, 2.75) is 6.54 Å². The molecule has 1 nitrogen and oxygen atoms in total. The van der Waals surface area contributed by atoms with Crippen LogP contribution in [0.5, 0.6) is 0 Å². The first-order valence-corrected chi connectivity index (χ1v) is 5.77. The van der Waals surface area contributed by atoms with E-state index in [1.165, 1.54) is 16.8 Å². The Kier molecular flexibility index (Phi) is 3.61. The number of rotatable bonds is 4. The van der Waals surface area contributed by atoms with Gasteiger partial charge >= 0.3 is 0 Å². The molecule has 0 unspecified atom stereocenters. The highest BCUT2D eigenvalue weighted by Crippen LogP contribution is 2.15. The second-order valence-corrected chi connectivity index (χ2v) is 4.14. The molecule has 2 rings (SSSR count). The van der Waals surface area contributed by atoms with Crippen LogP contribution >= 0.6 is 0 Å². The van der Waals surface area contributed by atoms with Gasteiger partial charge in [0, 0.05) is 19.3 Å². The van der Waals surface area contributed by atoms with E-state index in [9.17, 15) is 0 Å². The number of hydrogen-bond acceptors (Lipinski definition) is 1. The zero-order valence-electron chi connectivity index (χ0n) is 10.1. The van der Waals surface area contributed by atoms with Crippen LogP contribution in [0.15, 0.2) is 61.2 Å². The first-order chi connectivity index (χ1) is 8.29. The summed E-state index contributed by atoms with van der Waals surface area (Å²) in [6.45, 7) is 4.70. The van der Waals surface area contributed by atoms with E-state index in [0.717, 1.165) is 6.54 Å². The lowest BCUT2D eigenvalue weighted by Crippen LogP contribution is -2.16. The van der Waals surface area contributed by atoms with Crippen LogP contribution in [0.1, 0.15) is 11.1 Å². The molecule has 0 heterocycles. The van der Waals surface area contributed by atoms with Crippen molar-refractivity contribution in [3.05, 3.63) is 72.3 Å². The molecule has 86 valence electrons. The molecular formula is C16H17N. The zero-order valence-corrected chi connectivity index (χ0v) is 10.1. The van der Waals surface area contributed by atoms with Gasteiger partial charge in [-0.2, -0.15) is 0 Å². The minimum absolute atomic E-state index is 0.908. The van der Waals surface area contributed by atoms with Crippen LogP contribution in [-0.2, 0) is 6.54 Å². The summed E-state index contributed by atoms with van der Waals surface area (Å²) in [7, 11) is 2.11. The minimum atomic E-state index is 0.908. The SMILES string of the molecule is C=Cc1cccc(CN(C)c2ccccc2)c1. The molecule has 0 aromatic heterocycles. The molecule has 2 aromatic carbocycles. The molecule has 17 heavy (non-hydrogen) atoms. The standard InChI is InChI=1S/C16H17N/c1-3-14-8-7-9-15(12-14)13-17(2)16-10-5-4-6-11-16/h3-12H,1,13H2,2H3. The summed E-state index contributed by atoms with van der Waals surface area (Å²) in [5.41, 5.74) is 3.70. The maximum Gasteiger partial charge on any atom is 0.0426 e. The summed E-state index contributed by atoms with van der Waals surface area (Å²) in [4.78, 5) is 2.24. The van der Waals surface area contributed by atoms with Gasteiger partial charge in [0.25, 0.3) is 0 Å². The van der Waals surface area contributed by atoms with Gasteiger partial charge < -0.3 is 4.90 Å². The van der Waals surface area contributed by atoms with Crippen LogP contribution in [0.2, 0.25) is 0 Å². The van der Waals surface area contributed by atoms with Crippen LogP contribution in [0.25, 0.3) is 6.08 Å². The second-order valence-electron chi connectivity index (χ2n) is 4.14. The van der Waals surface area contributed by atoms with Gasteiger partial charge in [0.1, 0.15) is 0 Å². The van der Waals surface area contributed by atoms with E-state index in [4.69, 9.17) is 0 Å². The number of nitrogens with zero attached hydrogens (tertiary/aromatic N) is 1. The molecule has 1 heteroatoms. The molecule has 0 amide bonds. The zero-order chi connectivity index (χ0) is 12.1. The molecule has 0 saturated carbocycles. The third kappa shape index (κ3) is 2.97. The monoisotopic (exact) mass is 223 g/mol. The minimum Gasteiger partial charge on any atom is -0.370 e. The van der Waals surface area contributed by atoms with E-state index in [-0.39, 0.29) is 0 Å². The fourth-order valence-corrected chi connectivity index (χ4v) is 1.87. The largest absolute Gasteiger partial charge is 0.370 e. The number of para-hydroxylation sites is 1. The van der Waals surface area contributed by atoms with E-state index >= 15 is 0 Å². The molecule has 0 N–H and O–H groups in total. The van der Waals surface area contributed by atoms with Crippen molar-refractivity contribution in [2.75, 3.05) is 11.9 Å². The van der Waals surface area contributed by atoms with Gasteiger partial charge in [-0.05, 0) is 29.3 Å². The third-order valence-electron chi connectivity index (χ3n) is 2.80. The molecule has 0 fully saturated rings. The summed E-state index contributed by atoms with van der Waals surface area (Å²) in [6.07, 6.45) is 1.88. The lowest BCUT2D eigenvalue weighted by Gasteiger charge is -2.19. The Balaban J connectivity index is 2.13. The van der Waals surface area contributed by atoms with Gasteiger partial charge in [-0.1, -0.05) is 49.1 Å². The fourth-order valence-electron chi connectivity index (χ4n) is 1.87. The van der Waals surface area contributed by atoms with Crippen molar-refractivity contribution in [3.63, 3.8) is 0 Å². The Morgan fingerprint density at radius 2 is 1.82 bits per heavy atom. The molecular weight excluding hydrogens is 206 g/mol. The smallest absolute Gasteiger partial charge is 0.0426 e. The summed E-state index contributed by atoms with van der Waals surface area (Å²) >= 11 is 0. The van der Waals surface area contributed by atoms with Crippen LogP contribution in [-0.4, -0.2) is 7.05 Å². The summed E-state index contributed by atoms with van der Waals surface area (Å²) in [6, 6.07) is 18.9.